The molecule has 15 heavy (non-hydrogen) atoms. The van der Waals surface area contributed by atoms with Gasteiger partial charge in [-0.1, -0.05) is 0 Å². The summed E-state index contributed by atoms with van der Waals surface area (Å²) in [6.45, 7) is 3.31. The summed E-state index contributed by atoms with van der Waals surface area (Å²) >= 11 is 1.75. The van der Waals surface area contributed by atoms with Crippen LogP contribution in [0.5, 0.6) is 0 Å². The molecule has 0 spiro atoms. The fraction of sp³-hybridized carbons (Fsp3) is 0.545. The normalized spacial score (nSPS) is 10.3. The van der Waals surface area contributed by atoms with Crippen molar-refractivity contribution in [1.29, 1.82) is 0 Å². The molecule has 0 fully saturated rings. The number of hydrogen-bond acceptors (Lipinski definition) is 3. The Morgan fingerprint density at radius 1 is 1.60 bits per heavy atom. The van der Waals surface area contributed by atoms with Crippen LogP contribution in [0, 0.1) is 6.92 Å². The molecule has 0 radical (unpaired) electrons. The first kappa shape index (κ1) is 12.2. The Balaban J connectivity index is 2.37. The molecule has 0 bridgehead atoms. The molecule has 1 aromatic rings. The first-order valence-corrected chi connectivity index (χ1v) is 6.00. The molecular formula is C11H18N2OS. The molecule has 84 valence electrons. The van der Waals surface area contributed by atoms with Crippen LogP contribution in [0.1, 0.15) is 16.9 Å². The Morgan fingerprint density at radius 3 is 2.87 bits per heavy atom. The standard InChI is InChI=1S/C11H18N2OS/c1-9-5-8-15-10(9)4-7-13(2)11(14)3-6-12/h5,8H,3-4,6-7,12H2,1-2H3. The van der Waals surface area contributed by atoms with E-state index >= 15 is 0 Å². The average molecular weight is 226 g/mol. The number of nitrogens with zero attached hydrogens (tertiary/aromatic N) is 1. The fourth-order valence-corrected chi connectivity index (χ4v) is 2.27. The quantitative estimate of drug-likeness (QED) is 0.825. The van der Waals surface area contributed by atoms with Crippen LogP contribution in [-0.4, -0.2) is 30.9 Å². The Labute approximate surface area is 94.9 Å². The second-order valence-corrected chi connectivity index (χ2v) is 4.63. The third kappa shape index (κ3) is 3.64. The van der Waals surface area contributed by atoms with Crippen molar-refractivity contribution < 1.29 is 4.79 Å². The maximum atomic E-state index is 11.4. The van der Waals surface area contributed by atoms with Crippen LogP contribution in [0.2, 0.25) is 0 Å². The zero-order valence-electron chi connectivity index (χ0n) is 9.32. The number of hydrogen-bond donors (Lipinski definition) is 1. The van der Waals surface area contributed by atoms with Crippen LogP contribution in [-0.2, 0) is 11.2 Å². The highest BCUT2D eigenvalue weighted by atomic mass is 32.1. The molecule has 0 aromatic carbocycles. The van der Waals surface area contributed by atoms with Crippen molar-refractivity contribution >= 4 is 17.2 Å². The summed E-state index contributed by atoms with van der Waals surface area (Å²) in [5.41, 5.74) is 6.66. The van der Waals surface area contributed by atoms with Gasteiger partial charge >= 0.3 is 0 Å². The van der Waals surface area contributed by atoms with E-state index in [0.29, 0.717) is 13.0 Å². The predicted octanol–water partition coefficient (Wildman–Crippen LogP) is 1.41. The van der Waals surface area contributed by atoms with Gasteiger partial charge in [0.1, 0.15) is 0 Å². The highest BCUT2D eigenvalue weighted by Crippen LogP contribution is 2.16. The molecule has 1 heterocycles. The molecule has 4 heteroatoms. The van der Waals surface area contributed by atoms with Crippen LogP contribution in [0.3, 0.4) is 0 Å². The van der Waals surface area contributed by atoms with Gasteiger partial charge in [-0.25, -0.2) is 0 Å². The molecule has 0 saturated heterocycles. The monoisotopic (exact) mass is 226 g/mol. The van der Waals surface area contributed by atoms with Gasteiger partial charge in [-0.05, 0) is 30.4 Å². The van der Waals surface area contributed by atoms with Gasteiger partial charge in [-0.3, -0.25) is 4.79 Å². The average Bonchev–Trinajstić information content (AvgIpc) is 2.61. The van der Waals surface area contributed by atoms with Crippen LogP contribution < -0.4 is 5.73 Å². The molecular weight excluding hydrogens is 208 g/mol. The van der Waals surface area contributed by atoms with Crippen molar-refractivity contribution in [2.45, 2.75) is 19.8 Å². The van der Waals surface area contributed by atoms with Crippen molar-refractivity contribution in [1.82, 2.24) is 4.90 Å². The van der Waals surface area contributed by atoms with Gasteiger partial charge in [0, 0.05) is 31.4 Å². The number of thiophene rings is 1. The van der Waals surface area contributed by atoms with E-state index < -0.39 is 0 Å². The SMILES string of the molecule is Cc1ccsc1CCN(C)C(=O)CCN. The van der Waals surface area contributed by atoms with E-state index in [1.165, 1.54) is 10.4 Å². The van der Waals surface area contributed by atoms with E-state index in [9.17, 15) is 4.79 Å². The van der Waals surface area contributed by atoms with E-state index in [-0.39, 0.29) is 5.91 Å². The Morgan fingerprint density at radius 2 is 2.33 bits per heavy atom. The lowest BCUT2D eigenvalue weighted by Gasteiger charge is -2.16. The minimum absolute atomic E-state index is 0.131. The minimum atomic E-state index is 0.131. The number of carbonyl (C=O) groups excluding carboxylic acids is 1. The minimum Gasteiger partial charge on any atom is -0.345 e. The number of carbonyl (C=O) groups is 1. The smallest absolute Gasteiger partial charge is 0.223 e. The zero-order chi connectivity index (χ0) is 11.3. The number of rotatable bonds is 5. The first-order chi connectivity index (χ1) is 7.15. The van der Waals surface area contributed by atoms with Crippen LogP contribution in [0.4, 0.5) is 0 Å². The molecule has 1 aromatic heterocycles. The van der Waals surface area contributed by atoms with Crippen molar-refractivity contribution in [3.63, 3.8) is 0 Å². The molecule has 1 amide bonds. The molecule has 1 rings (SSSR count). The van der Waals surface area contributed by atoms with Gasteiger partial charge in [-0.2, -0.15) is 0 Å². The van der Waals surface area contributed by atoms with Gasteiger partial charge in [0.05, 0.1) is 0 Å². The van der Waals surface area contributed by atoms with Gasteiger partial charge < -0.3 is 10.6 Å². The van der Waals surface area contributed by atoms with E-state index in [2.05, 4.69) is 18.4 Å². The number of amides is 1. The van der Waals surface area contributed by atoms with Crippen molar-refractivity contribution in [3.05, 3.63) is 21.9 Å². The van der Waals surface area contributed by atoms with Gasteiger partial charge in [-0.15, -0.1) is 11.3 Å². The van der Waals surface area contributed by atoms with E-state index in [1.807, 2.05) is 7.05 Å². The molecule has 3 nitrogen and oxygen atoms in total. The lowest BCUT2D eigenvalue weighted by molar-refractivity contribution is -0.129. The predicted molar refractivity (Wildman–Crippen MR) is 64.1 cm³/mol. The third-order valence-electron chi connectivity index (χ3n) is 2.43. The Bertz CT molecular complexity index is 322. The van der Waals surface area contributed by atoms with Gasteiger partial charge in [0.25, 0.3) is 0 Å². The van der Waals surface area contributed by atoms with Crippen molar-refractivity contribution in [2.75, 3.05) is 20.1 Å². The van der Waals surface area contributed by atoms with Crippen LogP contribution in [0.25, 0.3) is 0 Å². The largest absolute Gasteiger partial charge is 0.345 e. The van der Waals surface area contributed by atoms with Gasteiger partial charge in [0.2, 0.25) is 5.91 Å². The molecule has 0 saturated carbocycles. The topological polar surface area (TPSA) is 46.3 Å². The summed E-state index contributed by atoms with van der Waals surface area (Å²) < 4.78 is 0. The Kier molecular flexibility index (Phi) is 4.78. The van der Waals surface area contributed by atoms with Crippen molar-refractivity contribution in [2.24, 2.45) is 5.73 Å². The number of likely N-dealkylation sites (N-methyl/N-ethyl adjacent to an activating group) is 1. The lowest BCUT2D eigenvalue weighted by Crippen LogP contribution is -2.30. The van der Waals surface area contributed by atoms with Crippen molar-refractivity contribution in [3.8, 4) is 0 Å². The van der Waals surface area contributed by atoms with Crippen LogP contribution in [0.15, 0.2) is 11.4 Å². The summed E-state index contributed by atoms with van der Waals surface area (Å²) in [5, 5.41) is 2.09. The van der Waals surface area contributed by atoms with E-state index in [0.717, 1.165) is 13.0 Å². The molecule has 0 unspecified atom stereocenters. The second-order valence-electron chi connectivity index (χ2n) is 3.63. The first-order valence-electron chi connectivity index (χ1n) is 5.12. The third-order valence-corrected chi connectivity index (χ3v) is 3.51. The highest BCUT2D eigenvalue weighted by Gasteiger charge is 2.08. The molecule has 0 aliphatic rings. The van der Waals surface area contributed by atoms with Crippen LogP contribution >= 0.6 is 11.3 Å². The number of nitrogens with two attached hydrogens (primary N) is 1. The highest BCUT2D eigenvalue weighted by molar-refractivity contribution is 7.10. The number of aryl methyl sites for hydroxylation is 1. The second kappa shape index (κ2) is 5.88. The maximum absolute atomic E-state index is 11.4. The maximum Gasteiger partial charge on any atom is 0.223 e. The van der Waals surface area contributed by atoms with Gasteiger partial charge in [0.15, 0.2) is 0 Å². The molecule has 0 aliphatic heterocycles. The molecule has 0 atom stereocenters. The lowest BCUT2D eigenvalue weighted by atomic mass is 10.2. The summed E-state index contributed by atoms with van der Waals surface area (Å²) in [4.78, 5) is 14.6. The molecule has 0 aliphatic carbocycles. The molecule has 2 N–H and O–H groups in total. The summed E-state index contributed by atoms with van der Waals surface area (Å²) in [6, 6.07) is 2.11. The van der Waals surface area contributed by atoms with E-state index in [1.54, 1.807) is 16.2 Å². The zero-order valence-corrected chi connectivity index (χ0v) is 10.1. The fourth-order valence-electron chi connectivity index (χ4n) is 1.37. The Hall–Kier alpha value is -0.870. The summed E-state index contributed by atoms with van der Waals surface area (Å²) in [7, 11) is 1.83. The summed E-state index contributed by atoms with van der Waals surface area (Å²) in [5.74, 6) is 0.131. The summed E-state index contributed by atoms with van der Waals surface area (Å²) in [6.07, 6.45) is 1.39. The van der Waals surface area contributed by atoms with E-state index in [4.69, 9.17) is 5.73 Å².